The number of rotatable bonds is 4. The average Bonchev–Trinajstić information content (AvgIpc) is 2.77. The normalized spacial score (nSPS) is 14.1. The molecule has 1 unspecified atom stereocenters. The number of anilines is 1. The summed E-state index contributed by atoms with van der Waals surface area (Å²) in [5, 5.41) is 7.72. The van der Waals surface area contributed by atoms with Gasteiger partial charge in [0.25, 0.3) is 5.56 Å². The zero-order valence-electron chi connectivity index (χ0n) is 18.7. The van der Waals surface area contributed by atoms with Gasteiger partial charge in [0.1, 0.15) is 6.04 Å². The van der Waals surface area contributed by atoms with Gasteiger partial charge in [-0.3, -0.25) is 9.59 Å². The van der Waals surface area contributed by atoms with Gasteiger partial charge in [-0.25, -0.2) is 4.68 Å². The number of carbonyl (C=O) groups is 1. The summed E-state index contributed by atoms with van der Waals surface area (Å²) < 4.78 is 1.37. The van der Waals surface area contributed by atoms with Gasteiger partial charge in [0.15, 0.2) is 0 Å². The minimum atomic E-state index is -0.719. The Bertz CT molecular complexity index is 1190. The van der Waals surface area contributed by atoms with Gasteiger partial charge in [0.05, 0.1) is 5.69 Å². The number of nitrogens with zero attached hydrogens (tertiary/aromatic N) is 2. The summed E-state index contributed by atoms with van der Waals surface area (Å²) in [4.78, 5) is 26.4. The molecule has 0 fully saturated rings. The second-order valence-electron chi connectivity index (χ2n) is 8.54. The molecule has 1 aromatic heterocycles. The summed E-state index contributed by atoms with van der Waals surface area (Å²) in [5.74, 6) is -0.242. The fourth-order valence-electron chi connectivity index (χ4n) is 4.20. The molecule has 2 aromatic carbocycles. The van der Waals surface area contributed by atoms with Crippen LogP contribution in [0.15, 0.2) is 47.3 Å². The van der Waals surface area contributed by atoms with Gasteiger partial charge < -0.3 is 5.32 Å². The molecule has 1 aliphatic carbocycles. The number of aromatic nitrogens is 2. The minimum Gasteiger partial charge on any atom is -0.324 e. The molecule has 0 saturated heterocycles. The Morgan fingerprint density at radius 3 is 2.39 bits per heavy atom. The van der Waals surface area contributed by atoms with E-state index in [0.29, 0.717) is 0 Å². The molecular formula is C26H29N3O2. The van der Waals surface area contributed by atoms with Crippen LogP contribution < -0.4 is 10.9 Å². The lowest BCUT2D eigenvalue weighted by Crippen LogP contribution is -2.37. The Morgan fingerprint density at radius 1 is 1.00 bits per heavy atom. The van der Waals surface area contributed by atoms with Crippen LogP contribution in [-0.2, 0) is 17.6 Å². The van der Waals surface area contributed by atoms with Crippen LogP contribution in [0.2, 0.25) is 0 Å². The summed E-state index contributed by atoms with van der Waals surface area (Å²) in [7, 11) is 0. The van der Waals surface area contributed by atoms with E-state index < -0.39 is 6.04 Å². The third-order valence-electron chi connectivity index (χ3n) is 6.36. The summed E-state index contributed by atoms with van der Waals surface area (Å²) in [6.07, 6.45) is 3.63. The highest BCUT2D eigenvalue weighted by atomic mass is 16.2. The van der Waals surface area contributed by atoms with Crippen molar-refractivity contribution < 1.29 is 4.79 Å². The molecule has 1 heterocycles. The molecular weight excluding hydrogens is 386 g/mol. The first-order valence-corrected chi connectivity index (χ1v) is 11.0. The smallest absolute Gasteiger partial charge is 0.271 e. The van der Waals surface area contributed by atoms with Crippen molar-refractivity contribution in [1.82, 2.24) is 9.78 Å². The van der Waals surface area contributed by atoms with E-state index in [0.717, 1.165) is 64.9 Å². The highest BCUT2D eigenvalue weighted by Crippen LogP contribution is 2.29. The summed E-state index contributed by atoms with van der Waals surface area (Å²) in [6, 6.07) is 13.3. The van der Waals surface area contributed by atoms with Gasteiger partial charge in [-0.15, -0.1) is 0 Å². The van der Waals surface area contributed by atoms with E-state index in [2.05, 4.69) is 17.4 Å². The predicted octanol–water partition coefficient (Wildman–Crippen LogP) is 4.91. The summed E-state index contributed by atoms with van der Waals surface area (Å²) in [6.45, 7) is 7.78. The maximum Gasteiger partial charge on any atom is 0.271 e. The Kier molecular flexibility index (Phi) is 5.77. The molecule has 160 valence electrons. The average molecular weight is 416 g/mol. The largest absolute Gasteiger partial charge is 0.324 e. The molecule has 1 amide bonds. The molecule has 1 atom stereocenters. The molecule has 4 rings (SSSR count). The van der Waals surface area contributed by atoms with Crippen LogP contribution in [0, 0.1) is 20.8 Å². The van der Waals surface area contributed by atoms with Gasteiger partial charge in [0, 0.05) is 16.8 Å². The van der Waals surface area contributed by atoms with Gasteiger partial charge in [0.2, 0.25) is 5.91 Å². The highest BCUT2D eigenvalue weighted by molar-refractivity contribution is 5.94. The monoisotopic (exact) mass is 415 g/mol. The van der Waals surface area contributed by atoms with Crippen LogP contribution in [-0.4, -0.2) is 15.7 Å². The summed E-state index contributed by atoms with van der Waals surface area (Å²) >= 11 is 0. The lowest BCUT2D eigenvalue weighted by molar-refractivity contribution is -0.119. The third-order valence-corrected chi connectivity index (χ3v) is 6.36. The van der Waals surface area contributed by atoms with E-state index in [1.54, 1.807) is 6.92 Å². The molecule has 0 spiro atoms. The molecule has 0 bridgehead atoms. The quantitative estimate of drug-likeness (QED) is 0.658. The number of hydrogen-bond donors (Lipinski definition) is 1. The van der Waals surface area contributed by atoms with Crippen molar-refractivity contribution in [2.75, 3.05) is 5.32 Å². The standard InChI is InChI=1S/C26H29N3O2/c1-16-12-14-20(15-13-16)24-21-9-5-6-10-22(21)26(31)29(28-24)19(4)25(30)27-23-11-7-8-17(2)18(23)3/h7-8,11-15,19H,5-6,9-10H2,1-4H3,(H,27,30). The minimum absolute atomic E-state index is 0.144. The van der Waals surface area contributed by atoms with E-state index >= 15 is 0 Å². The van der Waals surface area contributed by atoms with Crippen LogP contribution in [0.3, 0.4) is 0 Å². The van der Waals surface area contributed by atoms with E-state index in [9.17, 15) is 9.59 Å². The highest BCUT2D eigenvalue weighted by Gasteiger charge is 2.26. The van der Waals surface area contributed by atoms with Crippen LogP contribution >= 0.6 is 0 Å². The number of hydrogen-bond acceptors (Lipinski definition) is 3. The third kappa shape index (κ3) is 4.05. The van der Waals surface area contributed by atoms with Crippen molar-refractivity contribution in [3.05, 3.63) is 80.6 Å². The van der Waals surface area contributed by atoms with Crippen molar-refractivity contribution in [2.24, 2.45) is 0 Å². The van der Waals surface area contributed by atoms with Gasteiger partial charge in [-0.2, -0.15) is 5.10 Å². The van der Waals surface area contributed by atoms with Crippen LogP contribution in [0.5, 0.6) is 0 Å². The number of nitrogens with one attached hydrogen (secondary N) is 1. The lowest BCUT2D eigenvalue weighted by Gasteiger charge is -2.23. The molecule has 1 aliphatic rings. The second kappa shape index (κ2) is 8.50. The Hall–Kier alpha value is -3.21. The van der Waals surface area contributed by atoms with Crippen molar-refractivity contribution in [3.8, 4) is 11.3 Å². The maximum atomic E-state index is 13.3. The zero-order valence-corrected chi connectivity index (χ0v) is 18.7. The van der Waals surface area contributed by atoms with Crippen LogP contribution in [0.4, 0.5) is 5.69 Å². The van der Waals surface area contributed by atoms with Gasteiger partial charge >= 0.3 is 0 Å². The van der Waals surface area contributed by atoms with Crippen LogP contribution in [0.1, 0.15) is 53.6 Å². The molecule has 3 aromatic rings. The molecule has 5 nitrogen and oxygen atoms in total. The second-order valence-corrected chi connectivity index (χ2v) is 8.54. The first-order valence-electron chi connectivity index (χ1n) is 11.0. The number of carbonyl (C=O) groups excluding carboxylic acids is 1. The van der Waals surface area contributed by atoms with Crippen molar-refractivity contribution in [2.45, 2.75) is 59.4 Å². The van der Waals surface area contributed by atoms with Gasteiger partial charge in [-0.1, -0.05) is 42.0 Å². The number of amides is 1. The Balaban J connectivity index is 1.76. The molecule has 1 N–H and O–H groups in total. The van der Waals surface area contributed by atoms with E-state index in [4.69, 9.17) is 5.10 Å². The first-order chi connectivity index (χ1) is 14.9. The maximum absolute atomic E-state index is 13.3. The molecule has 0 aliphatic heterocycles. The molecule has 31 heavy (non-hydrogen) atoms. The fourth-order valence-corrected chi connectivity index (χ4v) is 4.20. The zero-order chi connectivity index (χ0) is 22.1. The van der Waals surface area contributed by atoms with E-state index in [-0.39, 0.29) is 11.5 Å². The SMILES string of the molecule is Cc1ccc(-c2nn(C(C)C(=O)Nc3cccc(C)c3C)c(=O)c3c2CCCC3)cc1. The molecule has 0 radical (unpaired) electrons. The fraction of sp³-hybridized carbons (Fsp3) is 0.346. The summed E-state index contributed by atoms with van der Waals surface area (Å²) in [5.41, 5.74) is 7.58. The number of aryl methyl sites for hydroxylation is 2. The van der Waals surface area contributed by atoms with Crippen LogP contribution in [0.25, 0.3) is 11.3 Å². The van der Waals surface area contributed by atoms with E-state index in [1.165, 1.54) is 10.2 Å². The lowest BCUT2D eigenvalue weighted by atomic mass is 9.89. The topological polar surface area (TPSA) is 64.0 Å². The van der Waals surface area contributed by atoms with Crippen molar-refractivity contribution in [3.63, 3.8) is 0 Å². The first kappa shape index (κ1) is 21.0. The Labute approximate surface area is 183 Å². The molecule has 5 heteroatoms. The number of fused-ring (bicyclic) bond motifs is 1. The predicted molar refractivity (Wildman–Crippen MR) is 125 cm³/mol. The van der Waals surface area contributed by atoms with Gasteiger partial charge in [-0.05, 0) is 76.1 Å². The van der Waals surface area contributed by atoms with Crippen molar-refractivity contribution >= 4 is 11.6 Å². The van der Waals surface area contributed by atoms with E-state index in [1.807, 2.05) is 51.1 Å². The molecule has 0 saturated carbocycles. The Morgan fingerprint density at radius 2 is 1.68 bits per heavy atom. The van der Waals surface area contributed by atoms with Crippen molar-refractivity contribution in [1.29, 1.82) is 0 Å². The number of benzene rings is 2.